The van der Waals surface area contributed by atoms with Gasteiger partial charge < -0.3 is 4.74 Å². The zero-order chi connectivity index (χ0) is 16.7. The Morgan fingerprint density at radius 2 is 1.70 bits per heavy atom. The third-order valence-electron chi connectivity index (χ3n) is 3.48. The van der Waals surface area contributed by atoms with Crippen molar-refractivity contribution in [2.45, 2.75) is 19.8 Å². The van der Waals surface area contributed by atoms with Crippen LogP contribution in [0.2, 0.25) is 0 Å². The van der Waals surface area contributed by atoms with E-state index in [1.165, 1.54) is 0 Å². The van der Waals surface area contributed by atoms with Crippen LogP contribution in [0.5, 0.6) is 5.75 Å². The number of methoxy groups -OCH3 is 1. The average molecular weight is 312 g/mol. The first-order valence-electron chi connectivity index (χ1n) is 7.44. The lowest BCUT2D eigenvalue weighted by molar-refractivity contribution is -0.121. The number of nitrogens with one attached hydrogen (secondary N) is 2. The molecular formula is C18H20N2O3. The van der Waals surface area contributed by atoms with E-state index in [0.29, 0.717) is 11.3 Å². The van der Waals surface area contributed by atoms with Gasteiger partial charge in [-0.1, -0.05) is 37.3 Å². The summed E-state index contributed by atoms with van der Waals surface area (Å²) in [6, 6.07) is 14.5. The number of aryl methyl sites for hydroxylation is 1. The van der Waals surface area contributed by atoms with Gasteiger partial charge in [-0.25, -0.2) is 0 Å². The molecule has 2 aromatic carbocycles. The van der Waals surface area contributed by atoms with Crippen LogP contribution in [-0.4, -0.2) is 18.9 Å². The van der Waals surface area contributed by atoms with Crippen molar-refractivity contribution in [2.75, 3.05) is 7.11 Å². The monoisotopic (exact) mass is 312 g/mol. The Kier molecular flexibility index (Phi) is 5.74. The minimum absolute atomic E-state index is 0.124. The van der Waals surface area contributed by atoms with Gasteiger partial charge in [-0.05, 0) is 30.2 Å². The van der Waals surface area contributed by atoms with Crippen molar-refractivity contribution in [1.82, 2.24) is 10.9 Å². The Balaban J connectivity index is 1.89. The van der Waals surface area contributed by atoms with Gasteiger partial charge in [0.2, 0.25) is 5.91 Å². The molecule has 2 amide bonds. The van der Waals surface area contributed by atoms with Crippen LogP contribution in [0.25, 0.3) is 0 Å². The molecule has 0 aromatic heterocycles. The van der Waals surface area contributed by atoms with Crippen LogP contribution in [0.4, 0.5) is 0 Å². The van der Waals surface area contributed by atoms with E-state index in [2.05, 4.69) is 10.9 Å². The molecular weight excluding hydrogens is 292 g/mol. The van der Waals surface area contributed by atoms with E-state index in [1.54, 1.807) is 25.3 Å². The molecule has 0 radical (unpaired) electrons. The zero-order valence-corrected chi connectivity index (χ0v) is 13.3. The van der Waals surface area contributed by atoms with Crippen molar-refractivity contribution >= 4 is 11.8 Å². The lowest BCUT2D eigenvalue weighted by Crippen LogP contribution is -2.42. The lowest BCUT2D eigenvalue weighted by Gasteiger charge is -2.10. The summed E-state index contributed by atoms with van der Waals surface area (Å²) in [5, 5.41) is 0. The van der Waals surface area contributed by atoms with Gasteiger partial charge >= 0.3 is 0 Å². The summed E-state index contributed by atoms with van der Waals surface area (Å²) in [6.45, 7) is 2.05. The standard InChI is InChI=1S/C18H20N2O3/c1-3-13-8-10-14(11-9-13)18(22)20-19-17(21)12-15-6-4-5-7-16(15)23-2/h4-11H,3,12H2,1-2H3,(H,19,21)(H,20,22). The molecule has 0 aliphatic carbocycles. The van der Waals surface area contributed by atoms with Gasteiger partial charge in [0.25, 0.3) is 5.91 Å². The highest BCUT2D eigenvalue weighted by molar-refractivity contribution is 5.95. The van der Waals surface area contributed by atoms with E-state index in [1.807, 2.05) is 37.3 Å². The van der Waals surface area contributed by atoms with Crippen molar-refractivity contribution < 1.29 is 14.3 Å². The predicted octanol–water partition coefficient (Wildman–Crippen LogP) is 2.26. The highest BCUT2D eigenvalue weighted by Gasteiger charge is 2.10. The molecule has 0 atom stereocenters. The minimum atomic E-state index is -0.346. The first kappa shape index (κ1) is 16.5. The van der Waals surface area contributed by atoms with Gasteiger partial charge in [-0.3, -0.25) is 20.4 Å². The van der Waals surface area contributed by atoms with E-state index in [-0.39, 0.29) is 18.2 Å². The molecule has 0 spiro atoms. The van der Waals surface area contributed by atoms with Crippen molar-refractivity contribution in [3.8, 4) is 5.75 Å². The molecule has 0 saturated heterocycles. The fourth-order valence-corrected chi connectivity index (χ4v) is 2.16. The molecule has 23 heavy (non-hydrogen) atoms. The molecule has 2 rings (SSSR count). The zero-order valence-electron chi connectivity index (χ0n) is 13.3. The third kappa shape index (κ3) is 4.57. The summed E-state index contributed by atoms with van der Waals surface area (Å²) in [5.41, 5.74) is 7.24. The number of rotatable bonds is 5. The van der Waals surface area contributed by atoms with E-state index < -0.39 is 0 Å². The van der Waals surface area contributed by atoms with E-state index in [0.717, 1.165) is 17.5 Å². The first-order chi connectivity index (χ1) is 11.1. The second kappa shape index (κ2) is 7.98. The maximum absolute atomic E-state index is 12.0. The predicted molar refractivity (Wildman–Crippen MR) is 88.1 cm³/mol. The average Bonchev–Trinajstić information content (AvgIpc) is 2.60. The summed E-state index contributed by atoms with van der Waals surface area (Å²) in [7, 11) is 1.55. The van der Waals surface area contributed by atoms with Crippen LogP contribution in [-0.2, 0) is 17.6 Å². The number of hydrogen-bond acceptors (Lipinski definition) is 3. The molecule has 5 heteroatoms. The highest BCUT2D eigenvalue weighted by Crippen LogP contribution is 2.17. The van der Waals surface area contributed by atoms with Crippen LogP contribution in [0.1, 0.15) is 28.4 Å². The van der Waals surface area contributed by atoms with Crippen LogP contribution in [0.3, 0.4) is 0 Å². The Morgan fingerprint density at radius 1 is 1.00 bits per heavy atom. The molecule has 120 valence electrons. The number of benzene rings is 2. The normalized spacial score (nSPS) is 10.0. The first-order valence-corrected chi connectivity index (χ1v) is 7.44. The van der Waals surface area contributed by atoms with Crippen molar-refractivity contribution in [3.05, 3.63) is 65.2 Å². The molecule has 0 heterocycles. The number of carbonyl (C=O) groups is 2. The molecule has 5 nitrogen and oxygen atoms in total. The Labute approximate surface area is 135 Å². The SMILES string of the molecule is CCc1ccc(C(=O)NNC(=O)Cc2ccccc2OC)cc1. The van der Waals surface area contributed by atoms with E-state index in [9.17, 15) is 9.59 Å². The molecule has 0 aliphatic heterocycles. The smallest absolute Gasteiger partial charge is 0.269 e. The number of ether oxygens (including phenoxy) is 1. The summed E-state index contributed by atoms with van der Waals surface area (Å²) in [6.07, 6.45) is 1.04. The topological polar surface area (TPSA) is 67.4 Å². The van der Waals surface area contributed by atoms with Gasteiger partial charge in [0, 0.05) is 11.1 Å². The van der Waals surface area contributed by atoms with E-state index in [4.69, 9.17) is 4.74 Å². The fourth-order valence-electron chi connectivity index (χ4n) is 2.16. The lowest BCUT2D eigenvalue weighted by atomic mass is 10.1. The molecule has 0 aliphatic rings. The quantitative estimate of drug-likeness (QED) is 0.832. The Morgan fingerprint density at radius 3 is 2.35 bits per heavy atom. The van der Waals surface area contributed by atoms with Crippen LogP contribution >= 0.6 is 0 Å². The summed E-state index contributed by atoms with van der Waals surface area (Å²) in [5.74, 6) is -0.0156. The van der Waals surface area contributed by atoms with Gasteiger partial charge in [0.1, 0.15) is 5.75 Å². The Hall–Kier alpha value is -2.82. The van der Waals surface area contributed by atoms with Gasteiger partial charge in [-0.15, -0.1) is 0 Å². The molecule has 0 bridgehead atoms. The summed E-state index contributed by atoms with van der Waals surface area (Å²) < 4.78 is 5.20. The molecule has 2 aromatic rings. The van der Waals surface area contributed by atoms with Gasteiger partial charge in [0.15, 0.2) is 0 Å². The highest BCUT2D eigenvalue weighted by atomic mass is 16.5. The molecule has 0 unspecified atom stereocenters. The third-order valence-corrected chi connectivity index (χ3v) is 3.48. The van der Waals surface area contributed by atoms with E-state index >= 15 is 0 Å². The minimum Gasteiger partial charge on any atom is -0.496 e. The van der Waals surface area contributed by atoms with Crippen molar-refractivity contribution in [2.24, 2.45) is 0 Å². The largest absolute Gasteiger partial charge is 0.496 e. The van der Waals surface area contributed by atoms with Gasteiger partial charge in [0.05, 0.1) is 13.5 Å². The molecule has 0 saturated carbocycles. The van der Waals surface area contributed by atoms with Crippen molar-refractivity contribution in [1.29, 1.82) is 0 Å². The number of amides is 2. The number of para-hydroxylation sites is 1. The molecule has 0 fully saturated rings. The summed E-state index contributed by atoms with van der Waals surface area (Å²) in [4.78, 5) is 23.9. The number of hydrogen-bond donors (Lipinski definition) is 2. The summed E-state index contributed by atoms with van der Waals surface area (Å²) >= 11 is 0. The maximum Gasteiger partial charge on any atom is 0.269 e. The molecule has 2 N–H and O–H groups in total. The second-order valence-corrected chi connectivity index (χ2v) is 5.04. The maximum atomic E-state index is 12.0. The number of hydrazine groups is 1. The van der Waals surface area contributed by atoms with Crippen molar-refractivity contribution in [3.63, 3.8) is 0 Å². The van der Waals surface area contributed by atoms with Gasteiger partial charge in [-0.2, -0.15) is 0 Å². The number of carbonyl (C=O) groups excluding carboxylic acids is 2. The van der Waals surface area contributed by atoms with Crippen LogP contribution in [0, 0.1) is 0 Å². The van der Waals surface area contributed by atoms with Crippen LogP contribution < -0.4 is 15.6 Å². The second-order valence-electron chi connectivity index (χ2n) is 5.04. The fraction of sp³-hybridized carbons (Fsp3) is 0.222. The van der Waals surface area contributed by atoms with Crippen LogP contribution in [0.15, 0.2) is 48.5 Å². The Bertz CT molecular complexity index is 681.